The zero-order valence-corrected chi connectivity index (χ0v) is 20.4. The molecule has 1 saturated heterocycles. The van der Waals surface area contributed by atoms with Gasteiger partial charge in [-0.2, -0.15) is 5.10 Å². The minimum atomic E-state index is 1.02. The lowest BCUT2D eigenvalue weighted by Gasteiger charge is -2.28. The number of aryl methyl sites for hydroxylation is 2. The van der Waals surface area contributed by atoms with E-state index >= 15 is 0 Å². The van der Waals surface area contributed by atoms with Gasteiger partial charge in [-0.15, -0.1) is 0 Å². The molecule has 1 aromatic carbocycles. The predicted octanol–water partition coefficient (Wildman–Crippen LogP) is 4.60. The molecule has 0 bridgehead atoms. The first-order valence-electron chi connectivity index (χ1n) is 12.2. The van der Waals surface area contributed by atoms with Crippen LogP contribution in [0.25, 0.3) is 33.3 Å². The number of rotatable bonds is 3. The van der Waals surface area contributed by atoms with Crippen molar-refractivity contribution >= 4 is 23.5 Å². The summed E-state index contributed by atoms with van der Waals surface area (Å²) in [6, 6.07) is 11.0. The summed E-state index contributed by atoms with van der Waals surface area (Å²) in [5.41, 5.74) is 8.63. The molecule has 2 N–H and O–H groups in total. The zero-order chi connectivity index (χ0) is 24.1. The zero-order valence-electron chi connectivity index (χ0n) is 20.4. The fraction of sp³-hybridized carbons (Fsp3) is 0.370. The number of aromatic amines is 1. The second-order valence-electron chi connectivity index (χ2n) is 8.36. The second-order valence-corrected chi connectivity index (χ2v) is 8.36. The van der Waals surface area contributed by atoms with E-state index in [1.54, 1.807) is 0 Å². The van der Waals surface area contributed by atoms with Crippen LogP contribution in [-0.4, -0.2) is 52.7 Å². The van der Waals surface area contributed by atoms with Gasteiger partial charge in [0.25, 0.3) is 0 Å². The minimum Gasteiger partial charge on any atom is -0.354 e. The van der Waals surface area contributed by atoms with Gasteiger partial charge in [0.05, 0.1) is 11.9 Å². The van der Waals surface area contributed by atoms with Crippen LogP contribution in [-0.2, 0) is 17.8 Å². The van der Waals surface area contributed by atoms with Crippen LogP contribution in [0.4, 0.5) is 5.82 Å². The van der Waals surface area contributed by atoms with Gasteiger partial charge in [0.1, 0.15) is 12.6 Å². The van der Waals surface area contributed by atoms with Crippen molar-refractivity contribution in [3.63, 3.8) is 0 Å². The third kappa shape index (κ3) is 4.35. The van der Waals surface area contributed by atoms with Crippen molar-refractivity contribution in [2.24, 2.45) is 0 Å². The first-order chi connectivity index (χ1) is 16.8. The number of anilines is 1. The summed E-state index contributed by atoms with van der Waals surface area (Å²) in [7, 11) is 0. The molecule has 0 spiro atoms. The first-order valence-corrected chi connectivity index (χ1v) is 12.2. The maximum atomic E-state index is 8.00. The van der Waals surface area contributed by atoms with Gasteiger partial charge in [-0.25, -0.2) is 4.98 Å². The molecule has 178 valence electrons. The molecule has 4 aromatic rings. The molecule has 0 radical (unpaired) electrons. The predicted molar refractivity (Wildman–Crippen MR) is 139 cm³/mol. The summed E-state index contributed by atoms with van der Waals surface area (Å²) in [6.07, 6.45) is 6.32. The lowest BCUT2D eigenvalue weighted by molar-refractivity contribution is -0.0979. The Morgan fingerprint density at radius 3 is 2.47 bits per heavy atom. The number of fused-ring (bicyclic) bond motifs is 2. The third-order valence-corrected chi connectivity index (χ3v) is 6.58. The molecule has 1 fully saturated rings. The first kappa shape index (κ1) is 23.7. The van der Waals surface area contributed by atoms with E-state index < -0.39 is 0 Å². The Labute approximate surface area is 201 Å². The second kappa shape index (κ2) is 10.7. The lowest BCUT2D eigenvalue weighted by Crippen LogP contribution is -2.43. The molecular formula is C27H34N6O. The monoisotopic (exact) mass is 458 g/mol. The number of carbonyl (C=O) groups is 1. The maximum absolute atomic E-state index is 8.00. The molecule has 7 heteroatoms. The van der Waals surface area contributed by atoms with Crippen LogP contribution in [0.1, 0.15) is 31.5 Å². The van der Waals surface area contributed by atoms with Crippen molar-refractivity contribution < 1.29 is 4.79 Å². The molecule has 34 heavy (non-hydrogen) atoms. The van der Waals surface area contributed by atoms with Gasteiger partial charge in [-0.3, -0.25) is 4.68 Å². The number of H-pyrrole nitrogens is 1. The fourth-order valence-electron chi connectivity index (χ4n) is 4.90. The summed E-state index contributed by atoms with van der Waals surface area (Å²) < 4.78 is 2.15. The van der Waals surface area contributed by atoms with Gasteiger partial charge < -0.3 is 20.0 Å². The molecule has 6 rings (SSSR count). The van der Waals surface area contributed by atoms with Gasteiger partial charge in [-0.05, 0) is 49.1 Å². The number of hydrogen-bond donors (Lipinski definition) is 2. The van der Waals surface area contributed by atoms with Crippen LogP contribution in [0.5, 0.6) is 0 Å². The van der Waals surface area contributed by atoms with Crippen molar-refractivity contribution in [1.82, 2.24) is 25.1 Å². The molecule has 0 unspecified atom stereocenters. The Balaban J connectivity index is 0.000000652. The van der Waals surface area contributed by atoms with E-state index in [1.165, 1.54) is 45.4 Å². The van der Waals surface area contributed by atoms with E-state index in [0.29, 0.717) is 0 Å². The number of hydrogen-bond acceptors (Lipinski definition) is 5. The van der Waals surface area contributed by atoms with Gasteiger partial charge in [-0.1, -0.05) is 26.0 Å². The Morgan fingerprint density at radius 2 is 1.74 bits per heavy atom. The summed E-state index contributed by atoms with van der Waals surface area (Å²) in [5.74, 6) is 1.06. The van der Waals surface area contributed by atoms with E-state index in [9.17, 15) is 0 Å². The van der Waals surface area contributed by atoms with Gasteiger partial charge in [0, 0.05) is 66.6 Å². The van der Waals surface area contributed by atoms with Crippen molar-refractivity contribution in [3.05, 3.63) is 54.0 Å². The molecule has 0 saturated carbocycles. The standard InChI is InChI=1S/C24H26N6.C2H6.CH2O/c1-16-19-6-4-17(18-5-7-23(26-14-18)29-11-8-25-9-12-29)13-21(19)28-24(16)20-15-27-30-10-2-3-22(20)30;2*1-2/h4-7,13-15,25,28H,2-3,8-12H2,1H3;1-2H3;1H2. The summed E-state index contributed by atoms with van der Waals surface area (Å²) in [6.45, 7) is 13.3. The van der Waals surface area contributed by atoms with Gasteiger partial charge in [0.2, 0.25) is 0 Å². The average Bonchev–Trinajstić information content (AvgIpc) is 3.62. The third-order valence-electron chi connectivity index (χ3n) is 6.58. The number of aromatic nitrogens is 4. The largest absolute Gasteiger partial charge is 0.354 e. The van der Waals surface area contributed by atoms with Crippen LogP contribution in [0.15, 0.2) is 42.7 Å². The summed E-state index contributed by atoms with van der Waals surface area (Å²) in [5, 5.41) is 9.24. The normalized spacial score (nSPS) is 14.7. The van der Waals surface area contributed by atoms with Gasteiger partial charge in [0.15, 0.2) is 0 Å². The Kier molecular flexibility index (Phi) is 7.43. The lowest BCUT2D eigenvalue weighted by atomic mass is 10.0. The molecule has 2 aliphatic heterocycles. The van der Waals surface area contributed by atoms with E-state index in [4.69, 9.17) is 9.78 Å². The highest BCUT2D eigenvalue weighted by atomic mass is 16.1. The van der Waals surface area contributed by atoms with E-state index in [2.05, 4.69) is 62.2 Å². The molecule has 7 nitrogen and oxygen atoms in total. The summed E-state index contributed by atoms with van der Waals surface area (Å²) >= 11 is 0. The number of pyridine rings is 1. The number of benzene rings is 1. The van der Waals surface area contributed by atoms with Crippen LogP contribution in [0.2, 0.25) is 0 Å². The topological polar surface area (TPSA) is 78.8 Å². The van der Waals surface area contributed by atoms with Crippen LogP contribution in [0, 0.1) is 6.92 Å². The SMILES string of the molecule is C=O.CC.Cc1c(-c2cnn3c2CCC3)[nH]c2cc(-c3ccc(N4CCNCC4)nc3)ccc12. The van der Waals surface area contributed by atoms with Crippen molar-refractivity contribution in [1.29, 1.82) is 0 Å². The van der Waals surface area contributed by atoms with E-state index in [-0.39, 0.29) is 0 Å². The molecule has 5 heterocycles. The Hall–Kier alpha value is -3.45. The van der Waals surface area contributed by atoms with E-state index in [1.807, 2.05) is 33.0 Å². The maximum Gasteiger partial charge on any atom is 0.128 e. The van der Waals surface area contributed by atoms with E-state index in [0.717, 1.165) is 50.5 Å². The van der Waals surface area contributed by atoms with Crippen LogP contribution < -0.4 is 10.2 Å². The quantitative estimate of drug-likeness (QED) is 0.469. The number of piperazine rings is 1. The highest BCUT2D eigenvalue weighted by Crippen LogP contribution is 2.35. The summed E-state index contributed by atoms with van der Waals surface area (Å²) in [4.78, 5) is 18.8. The number of nitrogens with zero attached hydrogens (tertiary/aromatic N) is 4. The smallest absolute Gasteiger partial charge is 0.128 e. The fourth-order valence-corrected chi connectivity index (χ4v) is 4.90. The van der Waals surface area contributed by atoms with Crippen molar-refractivity contribution in [3.8, 4) is 22.4 Å². The Bertz CT molecular complexity index is 1230. The molecule has 0 aliphatic carbocycles. The molecule has 2 aliphatic rings. The molecule has 3 aromatic heterocycles. The average molecular weight is 459 g/mol. The highest BCUT2D eigenvalue weighted by Gasteiger charge is 2.20. The van der Waals surface area contributed by atoms with Crippen molar-refractivity contribution in [2.75, 3.05) is 31.1 Å². The molecular weight excluding hydrogens is 424 g/mol. The molecule has 0 atom stereocenters. The van der Waals surface area contributed by atoms with Gasteiger partial charge >= 0.3 is 0 Å². The number of carbonyl (C=O) groups excluding carboxylic acids is 1. The van der Waals surface area contributed by atoms with Crippen molar-refractivity contribution in [2.45, 2.75) is 40.2 Å². The van der Waals surface area contributed by atoms with Crippen LogP contribution >= 0.6 is 0 Å². The highest BCUT2D eigenvalue weighted by molar-refractivity contribution is 5.93. The Morgan fingerprint density at radius 1 is 0.971 bits per heavy atom. The number of nitrogens with one attached hydrogen (secondary N) is 2. The minimum absolute atomic E-state index is 1.02. The molecule has 0 amide bonds. The van der Waals surface area contributed by atoms with Crippen LogP contribution in [0.3, 0.4) is 0 Å².